The average molecular weight is 371 g/mol. The van der Waals surface area contributed by atoms with Gasteiger partial charge in [-0.2, -0.15) is 0 Å². The molecule has 2 N–H and O–H groups in total. The molecule has 0 spiro atoms. The molecule has 1 aromatic heterocycles. The number of carbonyl (C=O) groups excluding carboxylic acids is 3. The number of fused-ring (bicyclic) bond motifs is 1. The molecule has 7 heteroatoms. The van der Waals surface area contributed by atoms with Crippen LogP contribution in [0.15, 0.2) is 48.7 Å². The molecule has 0 bridgehead atoms. The Hall–Kier alpha value is -3.12. The van der Waals surface area contributed by atoms with Crippen LogP contribution < -0.4 is 5.32 Å². The lowest BCUT2D eigenvalue weighted by atomic mass is 10.1. The van der Waals surface area contributed by atoms with Gasteiger partial charge in [-0.15, -0.1) is 0 Å². The summed E-state index contributed by atoms with van der Waals surface area (Å²) in [6.07, 6.45) is 1.46. The quantitative estimate of drug-likeness (QED) is 0.406. The maximum Gasteiger partial charge on any atom is 0.340 e. The van der Waals surface area contributed by atoms with Gasteiger partial charge in [-0.05, 0) is 37.3 Å². The van der Waals surface area contributed by atoms with E-state index in [4.69, 9.17) is 16.3 Å². The van der Waals surface area contributed by atoms with E-state index >= 15 is 0 Å². The van der Waals surface area contributed by atoms with Gasteiger partial charge < -0.3 is 15.0 Å². The number of nitrogens with one attached hydrogen (secondary N) is 2. The molecule has 0 atom stereocenters. The van der Waals surface area contributed by atoms with Crippen LogP contribution in [0.4, 0.5) is 5.69 Å². The van der Waals surface area contributed by atoms with E-state index < -0.39 is 17.7 Å². The minimum absolute atomic E-state index is 0.178. The van der Waals surface area contributed by atoms with Crippen LogP contribution in [0.5, 0.6) is 0 Å². The molecule has 0 aliphatic carbocycles. The fraction of sp³-hybridized carbons (Fsp3) is 0.105. The first-order valence-electron chi connectivity index (χ1n) is 7.89. The summed E-state index contributed by atoms with van der Waals surface area (Å²) in [4.78, 5) is 39.9. The third-order valence-electron chi connectivity index (χ3n) is 3.77. The van der Waals surface area contributed by atoms with E-state index in [1.807, 2.05) is 0 Å². The number of rotatable bonds is 5. The van der Waals surface area contributed by atoms with E-state index in [1.165, 1.54) is 18.3 Å². The lowest BCUT2D eigenvalue weighted by Crippen LogP contribution is -2.24. The van der Waals surface area contributed by atoms with Crippen LogP contribution in [0, 0.1) is 0 Å². The molecule has 0 unspecified atom stereocenters. The van der Waals surface area contributed by atoms with Gasteiger partial charge in [0.25, 0.3) is 11.7 Å². The molecule has 6 nitrogen and oxygen atoms in total. The lowest BCUT2D eigenvalue weighted by molar-refractivity contribution is -0.112. The fourth-order valence-corrected chi connectivity index (χ4v) is 2.73. The highest BCUT2D eigenvalue weighted by molar-refractivity contribution is 6.48. The highest BCUT2D eigenvalue weighted by Gasteiger charge is 2.22. The van der Waals surface area contributed by atoms with Crippen molar-refractivity contribution in [3.05, 3.63) is 64.8 Å². The number of hydrogen-bond acceptors (Lipinski definition) is 4. The first-order chi connectivity index (χ1) is 12.5. The molecule has 3 rings (SSSR count). The molecule has 0 saturated carbocycles. The molecule has 3 aromatic rings. The number of ether oxygens (including phenoxy) is 1. The topological polar surface area (TPSA) is 88.3 Å². The molecule has 0 fully saturated rings. The number of hydrogen-bond donors (Lipinski definition) is 2. The Kier molecular flexibility index (Phi) is 5.04. The van der Waals surface area contributed by atoms with Crippen molar-refractivity contribution in [1.82, 2.24) is 4.98 Å². The van der Waals surface area contributed by atoms with Crippen LogP contribution in [0.1, 0.15) is 27.6 Å². The maximum absolute atomic E-state index is 12.6. The Morgan fingerprint density at radius 3 is 2.65 bits per heavy atom. The molecule has 1 amide bonds. The number of amides is 1. The van der Waals surface area contributed by atoms with E-state index in [2.05, 4.69) is 10.3 Å². The third-order valence-corrected chi connectivity index (χ3v) is 4.00. The van der Waals surface area contributed by atoms with Gasteiger partial charge in [-0.1, -0.05) is 23.7 Å². The van der Waals surface area contributed by atoms with Crippen molar-refractivity contribution in [2.24, 2.45) is 0 Å². The first-order valence-corrected chi connectivity index (χ1v) is 8.27. The number of para-hydroxylation sites is 1. The first kappa shape index (κ1) is 17.7. The zero-order valence-corrected chi connectivity index (χ0v) is 14.6. The van der Waals surface area contributed by atoms with Gasteiger partial charge >= 0.3 is 5.97 Å². The molecule has 132 valence electrons. The van der Waals surface area contributed by atoms with Crippen LogP contribution in [0.25, 0.3) is 10.9 Å². The summed E-state index contributed by atoms with van der Waals surface area (Å²) < 4.78 is 4.96. The van der Waals surface area contributed by atoms with Crippen molar-refractivity contribution in [3.8, 4) is 0 Å². The van der Waals surface area contributed by atoms with Crippen LogP contribution >= 0.6 is 11.6 Å². The number of benzene rings is 2. The van der Waals surface area contributed by atoms with E-state index in [0.29, 0.717) is 15.9 Å². The van der Waals surface area contributed by atoms with Crippen LogP contribution in [-0.2, 0) is 9.53 Å². The number of esters is 1. The summed E-state index contributed by atoms with van der Waals surface area (Å²) in [6.45, 7) is 1.89. The van der Waals surface area contributed by atoms with Gasteiger partial charge in [0, 0.05) is 22.1 Å². The molecule has 0 aliphatic rings. The van der Waals surface area contributed by atoms with Crippen LogP contribution in [0.2, 0.25) is 5.02 Å². The van der Waals surface area contributed by atoms with E-state index in [9.17, 15) is 14.4 Å². The summed E-state index contributed by atoms with van der Waals surface area (Å²) in [7, 11) is 0. The smallest absolute Gasteiger partial charge is 0.340 e. The molecule has 26 heavy (non-hydrogen) atoms. The summed E-state index contributed by atoms with van der Waals surface area (Å²) in [5, 5.41) is 3.49. The number of ketones is 1. The zero-order chi connectivity index (χ0) is 18.7. The lowest BCUT2D eigenvalue weighted by Gasteiger charge is -2.09. The monoisotopic (exact) mass is 370 g/mol. The summed E-state index contributed by atoms with van der Waals surface area (Å²) in [5.41, 5.74) is 1.28. The van der Waals surface area contributed by atoms with Crippen molar-refractivity contribution in [2.45, 2.75) is 6.92 Å². The van der Waals surface area contributed by atoms with E-state index in [-0.39, 0.29) is 23.4 Å². The number of anilines is 1. The summed E-state index contributed by atoms with van der Waals surface area (Å²) in [6, 6.07) is 11.4. The number of halogens is 1. The second-order valence-corrected chi connectivity index (χ2v) is 5.88. The summed E-state index contributed by atoms with van der Waals surface area (Å²) in [5.74, 6) is -2.17. The average Bonchev–Trinajstić information content (AvgIpc) is 3.04. The van der Waals surface area contributed by atoms with Crippen molar-refractivity contribution < 1.29 is 19.1 Å². The van der Waals surface area contributed by atoms with Gasteiger partial charge in [0.05, 0.1) is 23.4 Å². The normalized spacial score (nSPS) is 10.5. The largest absolute Gasteiger partial charge is 0.462 e. The van der Waals surface area contributed by atoms with Gasteiger partial charge in [0.2, 0.25) is 0 Å². The second kappa shape index (κ2) is 7.41. The van der Waals surface area contributed by atoms with E-state index in [1.54, 1.807) is 37.3 Å². The van der Waals surface area contributed by atoms with Gasteiger partial charge in [-0.3, -0.25) is 9.59 Å². The third kappa shape index (κ3) is 3.45. The highest BCUT2D eigenvalue weighted by Crippen LogP contribution is 2.23. The molecule has 2 aromatic carbocycles. The Morgan fingerprint density at radius 1 is 1.12 bits per heavy atom. The highest BCUT2D eigenvalue weighted by atomic mass is 35.5. The molecular weight excluding hydrogens is 356 g/mol. The number of Topliss-reactive ketones (excluding diaryl/α,β-unsaturated/α-hetero) is 1. The number of aromatic amines is 1. The number of carbonyl (C=O) groups is 3. The molecule has 1 heterocycles. The predicted octanol–water partition coefficient (Wildman–Crippen LogP) is 3.82. The Labute approximate surface area is 154 Å². The van der Waals surface area contributed by atoms with Crippen molar-refractivity contribution >= 4 is 45.9 Å². The predicted molar refractivity (Wildman–Crippen MR) is 98.7 cm³/mol. The zero-order valence-electron chi connectivity index (χ0n) is 13.8. The maximum atomic E-state index is 12.6. The standard InChI is InChI=1S/C19H15ClN2O4/c1-2-26-19(25)12-5-3-4-6-16(12)22-18(24)17(23)14-10-21-15-8-7-11(20)9-13(14)15/h3-10,21H,2H2,1H3,(H,22,24). The van der Waals surface area contributed by atoms with Crippen molar-refractivity contribution in [1.29, 1.82) is 0 Å². The molecule has 0 radical (unpaired) electrons. The molecule has 0 saturated heterocycles. The van der Waals surface area contributed by atoms with Crippen LogP contribution in [-0.4, -0.2) is 29.3 Å². The number of aromatic nitrogens is 1. The minimum Gasteiger partial charge on any atom is -0.462 e. The van der Waals surface area contributed by atoms with Gasteiger partial charge in [0.1, 0.15) is 0 Å². The van der Waals surface area contributed by atoms with E-state index in [0.717, 1.165) is 0 Å². The Morgan fingerprint density at radius 2 is 1.88 bits per heavy atom. The molecule has 0 aliphatic heterocycles. The Bertz CT molecular complexity index is 1010. The van der Waals surface area contributed by atoms with Crippen molar-refractivity contribution in [2.75, 3.05) is 11.9 Å². The fourth-order valence-electron chi connectivity index (χ4n) is 2.56. The number of H-pyrrole nitrogens is 1. The van der Waals surface area contributed by atoms with Gasteiger partial charge in [-0.25, -0.2) is 4.79 Å². The van der Waals surface area contributed by atoms with Gasteiger partial charge in [0.15, 0.2) is 0 Å². The Balaban J connectivity index is 1.87. The second-order valence-electron chi connectivity index (χ2n) is 5.44. The minimum atomic E-state index is -0.859. The molecular formula is C19H15ClN2O4. The summed E-state index contributed by atoms with van der Waals surface area (Å²) >= 11 is 5.97. The van der Waals surface area contributed by atoms with Crippen LogP contribution in [0.3, 0.4) is 0 Å². The SMILES string of the molecule is CCOC(=O)c1ccccc1NC(=O)C(=O)c1c[nH]c2ccc(Cl)cc12. The van der Waals surface area contributed by atoms with Crippen molar-refractivity contribution in [3.63, 3.8) is 0 Å².